The number of aromatic nitrogens is 3. The Labute approximate surface area is 198 Å². The largest absolute Gasteiger partial charge is 0.322 e. The maximum Gasteiger partial charge on any atom is 0.256 e. The smallest absolute Gasteiger partial charge is 0.256 e. The standard InChI is InChI=1S/C27H27N5O2/c1-18-13-14-20(16-21(18)29-25(33)19-10-6-5-7-11-19)26(34)30-24-17-22(27(2,3)4)31-32(24)23-12-8-9-15-28-23/h5-17H,1-4H3,(H,29,33)(H,30,34). The average Bonchev–Trinajstić information content (AvgIpc) is 3.26. The van der Waals surface area contributed by atoms with Crippen LogP contribution in [0, 0.1) is 6.92 Å². The van der Waals surface area contributed by atoms with Crippen molar-refractivity contribution >= 4 is 23.3 Å². The molecule has 0 saturated heterocycles. The first kappa shape index (κ1) is 22.9. The predicted molar refractivity (Wildman–Crippen MR) is 134 cm³/mol. The van der Waals surface area contributed by atoms with E-state index in [1.807, 2.05) is 55.5 Å². The highest BCUT2D eigenvalue weighted by Crippen LogP contribution is 2.26. The Kier molecular flexibility index (Phi) is 6.27. The molecule has 0 unspecified atom stereocenters. The first-order valence-corrected chi connectivity index (χ1v) is 11.0. The minimum absolute atomic E-state index is 0.210. The van der Waals surface area contributed by atoms with Crippen LogP contribution in [0.5, 0.6) is 0 Å². The summed E-state index contributed by atoms with van der Waals surface area (Å²) < 4.78 is 1.63. The third-order valence-corrected chi connectivity index (χ3v) is 5.37. The molecular weight excluding hydrogens is 426 g/mol. The summed E-state index contributed by atoms with van der Waals surface area (Å²) in [5, 5.41) is 10.5. The second-order valence-electron chi connectivity index (χ2n) is 9.07. The zero-order valence-corrected chi connectivity index (χ0v) is 19.7. The van der Waals surface area contributed by atoms with Gasteiger partial charge in [-0.05, 0) is 48.9 Å². The van der Waals surface area contributed by atoms with Crippen molar-refractivity contribution < 1.29 is 9.59 Å². The van der Waals surface area contributed by atoms with Gasteiger partial charge in [-0.3, -0.25) is 9.59 Å². The number of carbonyl (C=O) groups excluding carboxylic acids is 2. The van der Waals surface area contributed by atoms with Crippen molar-refractivity contribution in [1.29, 1.82) is 0 Å². The van der Waals surface area contributed by atoms with Crippen molar-refractivity contribution in [3.8, 4) is 5.82 Å². The number of hydrogen-bond donors (Lipinski definition) is 2. The number of hydrogen-bond acceptors (Lipinski definition) is 4. The Hall–Kier alpha value is -4.26. The van der Waals surface area contributed by atoms with Crippen molar-refractivity contribution in [2.75, 3.05) is 10.6 Å². The van der Waals surface area contributed by atoms with E-state index in [0.717, 1.165) is 11.3 Å². The Balaban J connectivity index is 1.61. The quantitative estimate of drug-likeness (QED) is 0.425. The lowest BCUT2D eigenvalue weighted by atomic mass is 9.92. The molecule has 0 aliphatic rings. The van der Waals surface area contributed by atoms with Gasteiger partial charge < -0.3 is 10.6 Å². The van der Waals surface area contributed by atoms with Gasteiger partial charge in [-0.15, -0.1) is 0 Å². The Bertz CT molecular complexity index is 1320. The maximum atomic E-state index is 13.2. The number of nitrogens with one attached hydrogen (secondary N) is 2. The van der Waals surface area contributed by atoms with E-state index in [0.29, 0.717) is 28.5 Å². The van der Waals surface area contributed by atoms with Crippen molar-refractivity contribution in [2.24, 2.45) is 0 Å². The zero-order chi connectivity index (χ0) is 24.3. The van der Waals surface area contributed by atoms with Crippen LogP contribution in [-0.4, -0.2) is 26.6 Å². The van der Waals surface area contributed by atoms with E-state index < -0.39 is 0 Å². The van der Waals surface area contributed by atoms with Crippen LogP contribution in [0.2, 0.25) is 0 Å². The van der Waals surface area contributed by atoms with E-state index in [1.165, 1.54) is 0 Å². The molecule has 0 saturated carbocycles. The summed E-state index contributed by atoms with van der Waals surface area (Å²) in [6.45, 7) is 8.07. The number of nitrogens with zero attached hydrogens (tertiary/aromatic N) is 3. The van der Waals surface area contributed by atoms with E-state index in [-0.39, 0.29) is 17.2 Å². The molecule has 0 aliphatic carbocycles. The summed E-state index contributed by atoms with van der Waals surface area (Å²) in [5.41, 5.74) is 3.02. The number of benzene rings is 2. The van der Waals surface area contributed by atoms with Crippen LogP contribution in [0.4, 0.5) is 11.5 Å². The highest BCUT2D eigenvalue weighted by molar-refractivity contribution is 6.07. The van der Waals surface area contributed by atoms with E-state index >= 15 is 0 Å². The van der Waals surface area contributed by atoms with E-state index in [9.17, 15) is 9.59 Å². The molecule has 7 nitrogen and oxygen atoms in total. The molecule has 0 fully saturated rings. The number of pyridine rings is 1. The molecule has 172 valence electrons. The first-order valence-electron chi connectivity index (χ1n) is 11.0. The molecule has 0 radical (unpaired) electrons. The summed E-state index contributed by atoms with van der Waals surface area (Å²) in [6.07, 6.45) is 1.68. The molecule has 4 rings (SSSR count). The summed E-state index contributed by atoms with van der Waals surface area (Å²) >= 11 is 0. The molecule has 2 heterocycles. The van der Waals surface area contributed by atoms with Gasteiger partial charge in [-0.2, -0.15) is 9.78 Å². The molecule has 2 aromatic carbocycles. The maximum absolute atomic E-state index is 13.2. The molecule has 4 aromatic rings. The molecule has 0 aliphatic heterocycles. The van der Waals surface area contributed by atoms with Crippen LogP contribution >= 0.6 is 0 Å². The third-order valence-electron chi connectivity index (χ3n) is 5.37. The highest BCUT2D eigenvalue weighted by atomic mass is 16.2. The van der Waals surface area contributed by atoms with Crippen molar-refractivity contribution in [2.45, 2.75) is 33.1 Å². The van der Waals surface area contributed by atoms with Crippen LogP contribution in [0.3, 0.4) is 0 Å². The summed E-state index contributed by atoms with van der Waals surface area (Å²) in [7, 11) is 0. The average molecular weight is 454 g/mol. The molecular formula is C27H27N5O2. The van der Waals surface area contributed by atoms with Crippen molar-refractivity contribution in [1.82, 2.24) is 14.8 Å². The number of amides is 2. The monoisotopic (exact) mass is 453 g/mol. The SMILES string of the molecule is Cc1ccc(C(=O)Nc2cc(C(C)(C)C)nn2-c2ccccn2)cc1NC(=O)c1ccccc1. The molecule has 2 amide bonds. The fourth-order valence-corrected chi connectivity index (χ4v) is 3.36. The molecule has 0 spiro atoms. The summed E-state index contributed by atoms with van der Waals surface area (Å²) in [6, 6.07) is 21.6. The van der Waals surface area contributed by atoms with Gasteiger partial charge in [-0.1, -0.05) is 51.1 Å². The zero-order valence-electron chi connectivity index (χ0n) is 19.7. The molecule has 34 heavy (non-hydrogen) atoms. The van der Waals surface area contributed by atoms with Gasteiger partial charge >= 0.3 is 0 Å². The Morgan fingerprint density at radius 3 is 2.21 bits per heavy atom. The Morgan fingerprint density at radius 1 is 0.824 bits per heavy atom. The lowest BCUT2D eigenvalue weighted by molar-refractivity contribution is 0.101. The van der Waals surface area contributed by atoms with Gasteiger partial charge in [-0.25, -0.2) is 4.98 Å². The minimum Gasteiger partial charge on any atom is -0.322 e. The summed E-state index contributed by atoms with van der Waals surface area (Å²) in [4.78, 5) is 30.2. The van der Waals surface area contributed by atoms with E-state index in [2.05, 4.69) is 41.5 Å². The molecule has 0 atom stereocenters. The van der Waals surface area contributed by atoms with Crippen LogP contribution in [0.1, 0.15) is 52.7 Å². The van der Waals surface area contributed by atoms with Gasteiger partial charge in [0.05, 0.1) is 5.69 Å². The molecule has 2 N–H and O–H groups in total. The van der Waals surface area contributed by atoms with Crippen LogP contribution in [-0.2, 0) is 5.41 Å². The van der Waals surface area contributed by atoms with Crippen LogP contribution in [0.25, 0.3) is 5.82 Å². The molecule has 7 heteroatoms. The number of rotatable bonds is 5. The van der Waals surface area contributed by atoms with Crippen LogP contribution in [0.15, 0.2) is 79.0 Å². The molecule has 2 aromatic heterocycles. The lowest BCUT2D eigenvalue weighted by Crippen LogP contribution is -2.17. The minimum atomic E-state index is -0.312. The Morgan fingerprint density at radius 2 is 1.53 bits per heavy atom. The van der Waals surface area contributed by atoms with Crippen LogP contribution < -0.4 is 10.6 Å². The number of aryl methyl sites for hydroxylation is 1. The second kappa shape index (κ2) is 9.31. The lowest BCUT2D eigenvalue weighted by Gasteiger charge is -2.13. The van der Waals surface area contributed by atoms with E-state index in [1.54, 1.807) is 35.1 Å². The first-order chi connectivity index (χ1) is 16.2. The second-order valence-corrected chi connectivity index (χ2v) is 9.07. The number of anilines is 2. The third kappa shape index (κ3) is 5.04. The summed E-state index contributed by atoms with van der Waals surface area (Å²) in [5.74, 6) is 0.578. The topological polar surface area (TPSA) is 88.9 Å². The van der Waals surface area contributed by atoms with Crippen molar-refractivity contribution in [3.05, 3.63) is 101 Å². The fraction of sp³-hybridized carbons (Fsp3) is 0.185. The highest BCUT2D eigenvalue weighted by Gasteiger charge is 2.22. The fourth-order valence-electron chi connectivity index (χ4n) is 3.36. The normalized spacial score (nSPS) is 11.2. The van der Waals surface area contributed by atoms with Crippen molar-refractivity contribution in [3.63, 3.8) is 0 Å². The van der Waals surface area contributed by atoms with Gasteiger partial charge in [0.1, 0.15) is 5.82 Å². The molecule has 0 bridgehead atoms. The van der Waals surface area contributed by atoms with Gasteiger partial charge in [0.25, 0.3) is 11.8 Å². The van der Waals surface area contributed by atoms with Gasteiger partial charge in [0.15, 0.2) is 5.82 Å². The van der Waals surface area contributed by atoms with Gasteiger partial charge in [0.2, 0.25) is 0 Å². The van der Waals surface area contributed by atoms with Gasteiger partial charge in [0, 0.05) is 34.5 Å². The predicted octanol–water partition coefficient (Wildman–Crippen LogP) is 5.38. The number of carbonyl (C=O) groups is 2. The van der Waals surface area contributed by atoms with E-state index in [4.69, 9.17) is 0 Å².